The molecule has 0 saturated carbocycles. The summed E-state index contributed by atoms with van der Waals surface area (Å²) in [5, 5.41) is 1.32. The van der Waals surface area contributed by atoms with E-state index in [0.717, 1.165) is 52.8 Å². The molecule has 0 fully saturated rings. The molecule has 0 unspecified atom stereocenters. The first-order valence-corrected chi connectivity index (χ1v) is 12.9. The van der Waals surface area contributed by atoms with Crippen molar-refractivity contribution in [3.63, 3.8) is 0 Å². The number of benzene rings is 2. The van der Waals surface area contributed by atoms with Gasteiger partial charge in [0.05, 0.1) is 16.8 Å². The summed E-state index contributed by atoms with van der Waals surface area (Å²) in [6.07, 6.45) is 4.23. The molecule has 2 aromatic carbocycles. The van der Waals surface area contributed by atoms with Gasteiger partial charge in [-0.25, -0.2) is 4.98 Å². The zero-order chi connectivity index (χ0) is 22.9. The van der Waals surface area contributed by atoms with E-state index in [-0.39, 0.29) is 17.2 Å². The molecule has 0 radical (unpaired) electrons. The maximum atomic E-state index is 13.8. The Morgan fingerprint density at radius 1 is 1.09 bits per heavy atom. The van der Waals surface area contributed by atoms with E-state index in [1.165, 1.54) is 22.2 Å². The van der Waals surface area contributed by atoms with E-state index in [1.807, 2.05) is 61.5 Å². The van der Waals surface area contributed by atoms with Crippen LogP contribution in [0.1, 0.15) is 28.8 Å². The van der Waals surface area contributed by atoms with Crippen LogP contribution in [0.2, 0.25) is 0 Å². The van der Waals surface area contributed by atoms with Crippen LogP contribution in [0, 0.1) is 6.92 Å². The van der Waals surface area contributed by atoms with Crippen LogP contribution < -0.4 is 10.5 Å². The van der Waals surface area contributed by atoms with Crippen molar-refractivity contribution in [1.82, 2.24) is 9.55 Å². The molecule has 1 aliphatic carbocycles. The first-order chi connectivity index (χ1) is 16.0. The third kappa shape index (κ3) is 4.23. The third-order valence-corrected chi connectivity index (χ3v) is 8.20. The van der Waals surface area contributed by atoms with Gasteiger partial charge in [-0.2, -0.15) is 0 Å². The average Bonchev–Trinajstić information content (AvgIpc) is 3.22. The molecule has 0 spiro atoms. The SMILES string of the molecule is Cc1ccc(-n2c(SCC(=O)N(C)c3ccccc3)nc3sc4c(c3c2=O)CCCC4)cc1. The number of thiophene rings is 1. The number of anilines is 1. The minimum atomic E-state index is -0.0403. The highest BCUT2D eigenvalue weighted by Gasteiger charge is 2.23. The van der Waals surface area contributed by atoms with Gasteiger partial charge in [0.1, 0.15) is 4.83 Å². The fraction of sp³-hybridized carbons (Fsp3) is 0.269. The molecular formula is C26H25N3O2S2. The van der Waals surface area contributed by atoms with Gasteiger partial charge in [0, 0.05) is 17.6 Å². The number of carbonyl (C=O) groups excluding carboxylic acids is 1. The van der Waals surface area contributed by atoms with Crippen molar-refractivity contribution >= 4 is 44.9 Å². The third-order valence-electron chi connectivity index (χ3n) is 6.09. The summed E-state index contributed by atoms with van der Waals surface area (Å²) in [7, 11) is 1.77. The van der Waals surface area contributed by atoms with Gasteiger partial charge in [0.15, 0.2) is 5.16 Å². The van der Waals surface area contributed by atoms with Crippen molar-refractivity contribution < 1.29 is 4.79 Å². The van der Waals surface area contributed by atoms with E-state index in [0.29, 0.717) is 5.16 Å². The summed E-state index contributed by atoms with van der Waals surface area (Å²) in [4.78, 5) is 35.3. The second-order valence-electron chi connectivity index (χ2n) is 8.34. The highest BCUT2D eigenvalue weighted by atomic mass is 32.2. The molecule has 0 bridgehead atoms. The molecule has 1 amide bonds. The van der Waals surface area contributed by atoms with Crippen molar-refractivity contribution in [2.75, 3.05) is 17.7 Å². The Morgan fingerprint density at radius 3 is 2.58 bits per heavy atom. The average molecular weight is 476 g/mol. The molecule has 0 saturated heterocycles. The lowest BCUT2D eigenvalue weighted by atomic mass is 9.97. The Kier molecular flexibility index (Phi) is 6.08. The lowest BCUT2D eigenvalue weighted by Crippen LogP contribution is -2.28. The molecule has 5 nitrogen and oxygen atoms in total. The number of thioether (sulfide) groups is 1. The van der Waals surface area contributed by atoms with Gasteiger partial charge in [0.25, 0.3) is 5.56 Å². The molecule has 0 N–H and O–H groups in total. The van der Waals surface area contributed by atoms with Gasteiger partial charge in [-0.05, 0) is 62.4 Å². The number of amides is 1. The summed E-state index contributed by atoms with van der Waals surface area (Å²) < 4.78 is 1.68. The molecule has 7 heteroatoms. The molecule has 33 heavy (non-hydrogen) atoms. The fourth-order valence-corrected chi connectivity index (χ4v) is 6.45. The molecule has 4 aromatic rings. The van der Waals surface area contributed by atoms with Crippen LogP contribution in [0.15, 0.2) is 64.5 Å². The van der Waals surface area contributed by atoms with Gasteiger partial charge < -0.3 is 4.90 Å². The minimum Gasteiger partial charge on any atom is -0.315 e. The molecule has 2 heterocycles. The molecule has 0 aliphatic heterocycles. The van der Waals surface area contributed by atoms with Crippen molar-refractivity contribution in [3.05, 3.63) is 81.0 Å². The largest absolute Gasteiger partial charge is 0.315 e. The van der Waals surface area contributed by atoms with Crippen LogP contribution in [0.4, 0.5) is 5.69 Å². The van der Waals surface area contributed by atoms with Crippen molar-refractivity contribution in [2.45, 2.75) is 37.8 Å². The number of carbonyl (C=O) groups is 1. The normalized spacial score (nSPS) is 13.2. The molecule has 1 aliphatic rings. The predicted octanol–water partition coefficient (Wildman–Crippen LogP) is 5.39. The first kappa shape index (κ1) is 21.9. The lowest BCUT2D eigenvalue weighted by molar-refractivity contribution is -0.115. The highest BCUT2D eigenvalue weighted by molar-refractivity contribution is 7.99. The smallest absolute Gasteiger partial charge is 0.267 e. The number of fused-ring (bicyclic) bond motifs is 3. The van der Waals surface area contributed by atoms with Gasteiger partial charge in [-0.3, -0.25) is 14.2 Å². The van der Waals surface area contributed by atoms with Gasteiger partial charge in [-0.15, -0.1) is 11.3 Å². The number of aromatic nitrogens is 2. The number of nitrogens with zero attached hydrogens (tertiary/aromatic N) is 3. The van der Waals surface area contributed by atoms with E-state index >= 15 is 0 Å². The second kappa shape index (κ2) is 9.15. The number of para-hydroxylation sites is 1. The van der Waals surface area contributed by atoms with Crippen molar-refractivity contribution in [3.8, 4) is 5.69 Å². The molecule has 0 atom stereocenters. The zero-order valence-electron chi connectivity index (χ0n) is 18.7. The van der Waals surface area contributed by atoms with Crippen LogP contribution in [-0.2, 0) is 17.6 Å². The van der Waals surface area contributed by atoms with E-state index in [2.05, 4.69) is 0 Å². The van der Waals surface area contributed by atoms with Gasteiger partial charge in [0.2, 0.25) is 5.91 Å². The standard InChI is InChI=1S/C26H25N3O2S2/c1-17-12-14-19(15-13-17)29-25(31)23-20-10-6-7-11-21(20)33-24(23)27-26(29)32-16-22(30)28(2)18-8-4-3-5-9-18/h3-5,8-9,12-15H,6-7,10-11,16H2,1-2H3. The summed E-state index contributed by atoms with van der Waals surface area (Å²) >= 11 is 2.96. The molecule has 2 aromatic heterocycles. The fourth-order valence-electron chi connectivity index (χ4n) is 4.22. The first-order valence-electron chi connectivity index (χ1n) is 11.1. The molecule has 168 valence electrons. The summed E-state index contributed by atoms with van der Waals surface area (Å²) in [5.74, 6) is 0.154. The van der Waals surface area contributed by atoms with Gasteiger partial charge >= 0.3 is 0 Å². The van der Waals surface area contributed by atoms with E-state index in [1.54, 1.807) is 27.9 Å². The summed E-state index contributed by atoms with van der Waals surface area (Å²) in [6, 6.07) is 17.5. The second-order valence-corrected chi connectivity index (χ2v) is 10.4. The summed E-state index contributed by atoms with van der Waals surface area (Å²) in [6.45, 7) is 2.02. The lowest BCUT2D eigenvalue weighted by Gasteiger charge is -2.18. The maximum Gasteiger partial charge on any atom is 0.267 e. The highest BCUT2D eigenvalue weighted by Crippen LogP contribution is 2.35. The van der Waals surface area contributed by atoms with Gasteiger partial charge in [-0.1, -0.05) is 47.7 Å². The monoisotopic (exact) mass is 475 g/mol. The minimum absolute atomic E-state index is 0.0328. The quantitative estimate of drug-likeness (QED) is 0.287. The predicted molar refractivity (Wildman–Crippen MR) is 137 cm³/mol. The van der Waals surface area contributed by atoms with E-state index in [4.69, 9.17) is 4.98 Å². The van der Waals surface area contributed by atoms with Crippen LogP contribution in [0.3, 0.4) is 0 Å². The van der Waals surface area contributed by atoms with Crippen LogP contribution in [0.5, 0.6) is 0 Å². The van der Waals surface area contributed by atoms with Crippen molar-refractivity contribution in [2.24, 2.45) is 0 Å². The number of hydrogen-bond acceptors (Lipinski definition) is 5. The Balaban J connectivity index is 1.55. The Hall–Kier alpha value is -2.90. The van der Waals surface area contributed by atoms with Crippen LogP contribution in [0.25, 0.3) is 15.9 Å². The van der Waals surface area contributed by atoms with E-state index in [9.17, 15) is 9.59 Å². The maximum absolute atomic E-state index is 13.8. The Labute approximate surface area is 201 Å². The number of rotatable bonds is 5. The number of aryl methyl sites for hydroxylation is 3. The van der Waals surface area contributed by atoms with Crippen LogP contribution in [-0.4, -0.2) is 28.3 Å². The topological polar surface area (TPSA) is 55.2 Å². The number of hydrogen-bond donors (Lipinski definition) is 0. The summed E-state index contributed by atoms with van der Waals surface area (Å²) in [5.41, 5.74) is 3.89. The van der Waals surface area contributed by atoms with Crippen LogP contribution >= 0.6 is 23.1 Å². The molecular weight excluding hydrogens is 450 g/mol. The van der Waals surface area contributed by atoms with Crippen molar-refractivity contribution in [1.29, 1.82) is 0 Å². The zero-order valence-corrected chi connectivity index (χ0v) is 20.3. The molecule has 5 rings (SSSR count). The Bertz CT molecular complexity index is 1370. The van der Waals surface area contributed by atoms with E-state index < -0.39 is 0 Å². The Morgan fingerprint density at radius 2 is 1.82 bits per heavy atom.